The largest absolute Gasteiger partial charge is 0.309 e. The Balaban J connectivity index is 1.29. The highest BCUT2D eigenvalue weighted by molar-refractivity contribution is 7.25. The fourth-order valence-electron chi connectivity index (χ4n) is 6.98. The minimum absolute atomic E-state index is 0.0109. The van der Waals surface area contributed by atoms with Crippen molar-refractivity contribution in [3.8, 4) is 62.1 Å². The monoisotopic (exact) mass is 747 g/mol. The average molecular weight is 748 g/mol. The molecule has 262 valence electrons. The van der Waals surface area contributed by atoms with Gasteiger partial charge < -0.3 is 4.57 Å². The van der Waals surface area contributed by atoms with Crippen molar-refractivity contribution in [2.75, 3.05) is 0 Å². The van der Waals surface area contributed by atoms with E-state index in [2.05, 4.69) is 0 Å². The molecule has 0 spiro atoms. The fourth-order valence-corrected chi connectivity index (χ4v) is 7.95. The predicted octanol–water partition coefficient (Wildman–Crippen LogP) is 13.7. The van der Waals surface area contributed by atoms with Crippen LogP contribution in [0.25, 0.3) is 104 Å². The molecule has 56 heavy (non-hydrogen) atoms. The third-order valence-electron chi connectivity index (χ3n) is 9.58. The molecule has 5 heteroatoms. The van der Waals surface area contributed by atoms with Crippen molar-refractivity contribution in [2.24, 2.45) is 0 Å². The Morgan fingerprint density at radius 1 is 0.411 bits per heavy atom. The van der Waals surface area contributed by atoms with E-state index in [-0.39, 0.29) is 100.0 Å². The number of hydrogen-bond acceptors (Lipinski definition) is 4. The van der Waals surface area contributed by atoms with Gasteiger partial charge in [-0.3, -0.25) is 0 Å². The molecule has 0 aliphatic carbocycles. The highest BCUT2D eigenvalue weighted by Crippen LogP contribution is 2.40. The lowest BCUT2D eigenvalue weighted by atomic mass is 9.99. The molecule has 0 atom stereocenters. The number of hydrogen-bond donors (Lipinski definition) is 0. The molecule has 0 fully saturated rings. The zero-order chi connectivity index (χ0) is 50.1. The summed E-state index contributed by atoms with van der Waals surface area (Å²) in [6.07, 6.45) is 0. The minimum atomic E-state index is -0.619. The lowest BCUT2D eigenvalue weighted by Gasteiger charge is -2.16. The molecule has 0 amide bonds. The van der Waals surface area contributed by atoms with Crippen molar-refractivity contribution >= 4 is 53.3 Å². The van der Waals surface area contributed by atoms with Gasteiger partial charge in [0.05, 0.1) is 37.3 Å². The number of benzene rings is 8. The number of rotatable bonds is 6. The van der Waals surface area contributed by atoms with Gasteiger partial charge in [0.15, 0.2) is 17.5 Å². The number of thiophene rings is 1. The molecule has 0 aliphatic rings. The Morgan fingerprint density at radius 3 is 1.73 bits per heavy atom. The van der Waals surface area contributed by atoms with E-state index in [0.717, 1.165) is 22.5 Å². The van der Waals surface area contributed by atoms with Gasteiger partial charge in [0.1, 0.15) is 0 Å². The van der Waals surface area contributed by atoms with E-state index in [1.807, 2.05) is 84.9 Å². The summed E-state index contributed by atoms with van der Waals surface area (Å²) in [7, 11) is 0. The van der Waals surface area contributed by atoms with Crippen LogP contribution in [0.1, 0.15) is 20.6 Å². The highest BCUT2D eigenvalue weighted by atomic mass is 32.1. The standard InChI is InChI=1S/C51H32N4S/c1-3-14-33(15-4-1)35-18-13-19-38(30-35)50-52-49(34-16-5-2-6-17-34)53-51(54-50)43-31-36(37-26-28-42-41-22-9-12-25-47(41)56-48(42)32-37)27-29-46(43)55-44-23-10-7-20-39(44)40-21-8-11-24-45(40)55/h1-32H/i7D,8D,9D,10D,11D,12D,20D,21D,22D,23D,24D,25D,26D,28D,32D. The van der Waals surface area contributed by atoms with Crippen LogP contribution in [-0.4, -0.2) is 19.5 Å². The van der Waals surface area contributed by atoms with E-state index in [1.54, 1.807) is 6.07 Å². The first-order chi connectivity index (χ1) is 34.0. The Labute approximate surface area is 348 Å². The Morgan fingerprint density at radius 2 is 0.982 bits per heavy atom. The van der Waals surface area contributed by atoms with E-state index in [0.29, 0.717) is 11.1 Å². The summed E-state index contributed by atoms with van der Waals surface area (Å²) in [6.45, 7) is 0. The number of para-hydroxylation sites is 2. The van der Waals surface area contributed by atoms with Crippen LogP contribution in [0.5, 0.6) is 0 Å². The van der Waals surface area contributed by atoms with Gasteiger partial charge >= 0.3 is 0 Å². The smallest absolute Gasteiger partial charge is 0.166 e. The van der Waals surface area contributed by atoms with Crippen LogP contribution in [-0.2, 0) is 0 Å². The van der Waals surface area contributed by atoms with Gasteiger partial charge in [-0.25, -0.2) is 15.0 Å². The summed E-state index contributed by atoms with van der Waals surface area (Å²) in [5.41, 5.74) is 3.00. The SMILES string of the molecule is [2H]c1c([2H])c([2H])c2c(sc3c([2H])c(-c4ccc(-n5c6c([2H])c([2H])c([2H])c([2H])c6c6c([2H])c([2H])c([2H])c([2H])c65)c(-c5nc(-c6ccccc6)nc(-c6cccc(-c7ccccc7)c6)n5)c4)c([2H])c([2H])c32)c1[2H]. The normalized spacial score (nSPS) is 15.3. The maximum Gasteiger partial charge on any atom is 0.166 e. The van der Waals surface area contributed by atoms with Crippen LogP contribution in [0.15, 0.2) is 194 Å². The molecule has 0 saturated carbocycles. The molecule has 0 radical (unpaired) electrons. The van der Waals surface area contributed by atoms with Gasteiger partial charge in [0, 0.05) is 47.6 Å². The van der Waals surface area contributed by atoms with E-state index in [4.69, 9.17) is 28.7 Å². The number of fused-ring (bicyclic) bond motifs is 6. The molecule has 0 N–H and O–H groups in total. The third-order valence-corrected chi connectivity index (χ3v) is 10.6. The van der Waals surface area contributed by atoms with Crippen molar-refractivity contribution in [3.63, 3.8) is 0 Å². The number of aromatic nitrogens is 4. The van der Waals surface area contributed by atoms with Crippen molar-refractivity contribution in [2.45, 2.75) is 0 Å². The van der Waals surface area contributed by atoms with E-state index in [1.165, 1.54) is 16.7 Å². The second-order valence-corrected chi connectivity index (χ2v) is 13.9. The molecule has 3 aromatic heterocycles. The summed E-state index contributed by atoms with van der Waals surface area (Å²) >= 11 is 0.916. The topological polar surface area (TPSA) is 43.6 Å². The fraction of sp³-hybridized carbons (Fsp3) is 0. The average Bonchev–Trinajstić information content (AvgIpc) is 3.98. The lowest BCUT2D eigenvalue weighted by Crippen LogP contribution is -2.04. The van der Waals surface area contributed by atoms with Crippen LogP contribution in [0.4, 0.5) is 0 Å². The van der Waals surface area contributed by atoms with Crippen molar-refractivity contribution in [3.05, 3.63) is 194 Å². The van der Waals surface area contributed by atoms with Crippen LogP contribution < -0.4 is 0 Å². The third kappa shape index (κ3) is 5.48. The van der Waals surface area contributed by atoms with Crippen molar-refractivity contribution in [1.82, 2.24) is 19.5 Å². The number of nitrogens with zero attached hydrogens (tertiary/aromatic N) is 4. The molecule has 8 aromatic carbocycles. The molecule has 0 aliphatic heterocycles. The van der Waals surface area contributed by atoms with Gasteiger partial charge in [0.2, 0.25) is 0 Å². The Hall–Kier alpha value is -7.21. The van der Waals surface area contributed by atoms with E-state index >= 15 is 0 Å². The zero-order valence-corrected chi connectivity index (χ0v) is 29.8. The molecule has 0 saturated heterocycles. The lowest BCUT2D eigenvalue weighted by molar-refractivity contribution is 1.06. The van der Waals surface area contributed by atoms with Crippen molar-refractivity contribution in [1.29, 1.82) is 0 Å². The minimum Gasteiger partial charge on any atom is -0.309 e. The Bertz CT molecular complexity index is 4050. The molecule has 4 nitrogen and oxygen atoms in total. The second-order valence-electron chi connectivity index (χ2n) is 12.9. The van der Waals surface area contributed by atoms with Crippen LogP contribution in [0.2, 0.25) is 0 Å². The van der Waals surface area contributed by atoms with Crippen LogP contribution in [0, 0.1) is 0 Å². The molecular formula is C51H32N4S. The first-order valence-corrected chi connectivity index (χ1v) is 18.4. The van der Waals surface area contributed by atoms with E-state index < -0.39 is 72.5 Å². The first-order valence-electron chi connectivity index (χ1n) is 25.1. The highest BCUT2D eigenvalue weighted by Gasteiger charge is 2.21. The molecule has 11 aromatic rings. The quantitative estimate of drug-likeness (QED) is 0.170. The maximum absolute atomic E-state index is 9.63. The molecule has 3 heterocycles. The van der Waals surface area contributed by atoms with Gasteiger partial charge in [-0.05, 0) is 64.6 Å². The summed E-state index contributed by atoms with van der Waals surface area (Å²) in [5.74, 6) is 0.431. The summed E-state index contributed by atoms with van der Waals surface area (Å²) in [5, 5.41) is -0.239. The first kappa shape index (κ1) is 20.5. The summed E-state index contributed by atoms with van der Waals surface area (Å²) in [6, 6.07) is 23.6. The van der Waals surface area contributed by atoms with Crippen LogP contribution >= 0.6 is 11.3 Å². The second kappa shape index (κ2) is 13.3. The van der Waals surface area contributed by atoms with Gasteiger partial charge in [-0.1, -0.05) is 151 Å². The van der Waals surface area contributed by atoms with Gasteiger partial charge in [0.25, 0.3) is 0 Å². The van der Waals surface area contributed by atoms with Crippen LogP contribution in [0.3, 0.4) is 0 Å². The van der Waals surface area contributed by atoms with E-state index in [9.17, 15) is 6.85 Å². The maximum atomic E-state index is 9.63. The predicted molar refractivity (Wildman–Crippen MR) is 234 cm³/mol. The summed E-state index contributed by atoms with van der Waals surface area (Å²) < 4.78 is 136. The van der Waals surface area contributed by atoms with Gasteiger partial charge in [-0.15, -0.1) is 11.3 Å². The molecule has 0 bridgehead atoms. The molecule has 0 unspecified atom stereocenters. The van der Waals surface area contributed by atoms with Crippen molar-refractivity contribution < 1.29 is 20.6 Å². The Kier molecular flexibility index (Phi) is 4.85. The molecule has 11 rings (SSSR count). The summed E-state index contributed by atoms with van der Waals surface area (Å²) in [4.78, 5) is 15.1. The van der Waals surface area contributed by atoms with Gasteiger partial charge in [-0.2, -0.15) is 0 Å². The molecular weight excluding hydrogens is 701 g/mol. The zero-order valence-electron chi connectivity index (χ0n) is 44.0.